The van der Waals surface area contributed by atoms with E-state index in [0.717, 1.165) is 6.07 Å². The van der Waals surface area contributed by atoms with Crippen molar-refractivity contribution in [1.82, 2.24) is 4.90 Å². The summed E-state index contributed by atoms with van der Waals surface area (Å²) in [7, 11) is 0. The summed E-state index contributed by atoms with van der Waals surface area (Å²) in [5, 5.41) is 8.76. The first-order chi connectivity index (χ1) is 9.41. The Morgan fingerprint density at radius 1 is 1.25 bits per heavy atom. The highest BCUT2D eigenvalue weighted by atomic mass is 19.2. The molecule has 0 aromatic heterocycles. The molecule has 7 heteroatoms. The van der Waals surface area contributed by atoms with E-state index in [0.29, 0.717) is 18.9 Å². The summed E-state index contributed by atoms with van der Waals surface area (Å²) >= 11 is 0. The number of halogens is 3. The van der Waals surface area contributed by atoms with Crippen molar-refractivity contribution >= 4 is 11.9 Å². The van der Waals surface area contributed by atoms with Gasteiger partial charge in [0.25, 0.3) is 5.91 Å². The minimum Gasteiger partial charge on any atom is -0.481 e. The minimum absolute atomic E-state index is 0.253. The first-order valence-corrected chi connectivity index (χ1v) is 6.08. The average Bonchev–Trinajstić information content (AvgIpc) is 2.82. The van der Waals surface area contributed by atoms with Crippen LogP contribution in [0.15, 0.2) is 12.1 Å². The third-order valence-electron chi connectivity index (χ3n) is 3.31. The molecule has 0 radical (unpaired) electrons. The molecule has 1 heterocycles. The predicted molar refractivity (Wildman–Crippen MR) is 62.6 cm³/mol. The van der Waals surface area contributed by atoms with Crippen LogP contribution in [-0.2, 0) is 4.79 Å². The minimum atomic E-state index is -1.70. The zero-order valence-corrected chi connectivity index (χ0v) is 10.4. The zero-order valence-electron chi connectivity index (χ0n) is 10.4. The van der Waals surface area contributed by atoms with Gasteiger partial charge < -0.3 is 10.0 Å². The molecule has 0 saturated carbocycles. The predicted octanol–water partition coefficient (Wildman–Crippen LogP) is 2.18. The summed E-state index contributed by atoms with van der Waals surface area (Å²) in [6.07, 6.45) is 0.829. The molecule has 1 saturated heterocycles. The third kappa shape index (κ3) is 2.61. The number of aliphatic carboxylic acids is 1. The summed E-state index contributed by atoms with van der Waals surface area (Å²) in [6, 6.07) is 0.993. The van der Waals surface area contributed by atoms with E-state index in [4.69, 9.17) is 5.11 Å². The summed E-state index contributed by atoms with van der Waals surface area (Å²) in [5.74, 6) is -6.51. The molecular weight excluding hydrogens is 275 g/mol. The molecule has 0 bridgehead atoms. The van der Waals surface area contributed by atoms with E-state index in [1.54, 1.807) is 0 Å². The summed E-state index contributed by atoms with van der Waals surface area (Å²) in [5.41, 5.74) is -0.582. The Balaban J connectivity index is 2.27. The van der Waals surface area contributed by atoms with Gasteiger partial charge in [0.05, 0.1) is 12.0 Å². The number of hydrogen-bond donors (Lipinski definition) is 1. The first-order valence-electron chi connectivity index (χ1n) is 6.08. The Morgan fingerprint density at radius 3 is 2.60 bits per heavy atom. The Morgan fingerprint density at radius 2 is 1.95 bits per heavy atom. The van der Waals surface area contributed by atoms with E-state index in [2.05, 4.69) is 0 Å². The maximum atomic E-state index is 13.6. The van der Waals surface area contributed by atoms with Crippen molar-refractivity contribution in [2.75, 3.05) is 6.54 Å². The number of hydrogen-bond acceptors (Lipinski definition) is 2. The van der Waals surface area contributed by atoms with Crippen LogP contribution < -0.4 is 0 Å². The van der Waals surface area contributed by atoms with Gasteiger partial charge >= 0.3 is 5.97 Å². The van der Waals surface area contributed by atoms with E-state index < -0.39 is 40.9 Å². The van der Waals surface area contributed by atoms with Crippen molar-refractivity contribution in [2.45, 2.75) is 25.3 Å². The normalized spacial score (nSPS) is 18.4. The standard InChI is InChI=1S/C13H12F3NO3/c14-9-4-3-8(11(15)12(9)16)13(20)17-5-1-2-7(17)6-10(18)19/h3-4,7H,1-2,5-6H2,(H,18,19). The topological polar surface area (TPSA) is 57.6 Å². The van der Waals surface area contributed by atoms with Gasteiger partial charge in [-0.05, 0) is 25.0 Å². The number of rotatable bonds is 3. The molecule has 0 aliphatic carbocycles. The molecule has 1 atom stereocenters. The van der Waals surface area contributed by atoms with Crippen LogP contribution in [0.4, 0.5) is 13.2 Å². The molecule has 1 N–H and O–H groups in total. The van der Waals surface area contributed by atoms with Crippen molar-refractivity contribution < 1.29 is 27.9 Å². The van der Waals surface area contributed by atoms with Crippen LogP contribution in [0, 0.1) is 17.5 Å². The Bertz CT molecular complexity index is 562. The molecule has 108 valence electrons. The summed E-state index contributed by atoms with van der Waals surface area (Å²) < 4.78 is 39.5. The van der Waals surface area contributed by atoms with Crippen molar-refractivity contribution in [3.05, 3.63) is 35.1 Å². The van der Waals surface area contributed by atoms with Gasteiger partial charge in [0.15, 0.2) is 17.5 Å². The lowest BCUT2D eigenvalue weighted by Crippen LogP contribution is -2.37. The van der Waals surface area contributed by atoms with E-state index in [1.807, 2.05) is 0 Å². The molecule has 20 heavy (non-hydrogen) atoms. The number of benzene rings is 1. The molecule has 1 aromatic carbocycles. The highest BCUT2D eigenvalue weighted by molar-refractivity contribution is 5.95. The maximum Gasteiger partial charge on any atom is 0.305 e. The lowest BCUT2D eigenvalue weighted by molar-refractivity contribution is -0.137. The van der Waals surface area contributed by atoms with Gasteiger partial charge in [0.2, 0.25) is 0 Å². The van der Waals surface area contributed by atoms with Gasteiger partial charge in [0.1, 0.15) is 0 Å². The van der Waals surface area contributed by atoms with Crippen molar-refractivity contribution in [1.29, 1.82) is 0 Å². The van der Waals surface area contributed by atoms with Gasteiger partial charge in [-0.15, -0.1) is 0 Å². The number of carboxylic acid groups (broad SMARTS) is 1. The fourth-order valence-electron chi connectivity index (χ4n) is 2.36. The van der Waals surface area contributed by atoms with Crippen LogP contribution in [0.25, 0.3) is 0 Å². The molecule has 4 nitrogen and oxygen atoms in total. The quantitative estimate of drug-likeness (QED) is 0.867. The molecule has 1 unspecified atom stereocenters. The van der Waals surface area contributed by atoms with Gasteiger partial charge in [-0.25, -0.2) is 13.2 Å². The molecule has 1 aliphatic rings. The average molecular weight is 287 g/mol. The summed E-state index contributed by atoms with van der Waals surface area (Å²) in [6.45, 7) is 0.273. The van der Waals surface area contributed by atoms with Gasteiger partial charge in [-0.2, -0.15) is 0 Å². The van der Waals surface area contributed by atoms with Crippen molar-refractivity contribution in [2.24, 2.45) is 0 Å². The SMILES string of the molecule is O=C(O)CC1CCCN1C(=O)c1ccc(F)c(F)c1F. The number of carbonyl (C=O) groups excluding carboxylic acids is 1. The zero-order chi connectivity index (χ0) is 14.9. The lowest BCUT2D eigenvalue weighted by atomic mass is 10.1. The van der Waals surface area contributed by atoms with Crippen LogP contribution in [-0.4, -0.2) is 34.5 Å². The third-order valence-corrected chi connectivity index (χ3v) is 3.31. The Hall–Kier alpha value is -2.05. The lowest BCUT2D eigenvalue weighted by Gasteiger charge is -2.23. The van der Waals surface area contributed by atoms with Gasteiger partial charge in [0, 0.05) is 12.6 Å². The highest BCUT2D eigenvalue weighted by Crippen LogP contribution is 2.24. The number of likely N-dealkylation sites (tertiary alicyclic amines) is 1. The molecular formula is C13H12F3NO3. The highest BCUT2D eigenvalue weighted by Gasteiger charge is 2.33. The molecule has 1 amide bonds. The second-order valence-corrected chi connectivity index (χ2v) is 4.62. The van der Waals surface area contributed by atoms with Crippen molar-refractivity contribution in [3.8, 4) is 0 Å². The van der Waals surface area contributed by atoms with Crippen LogP contribution in [0.2, 0.25) is 0 Å². The monoisotopic (exact) mass is 287 g/mol. The van der Waals surface area contributed by atoms with Crippen LogP contribution in [0.1, 0.15) is 29.6 Å². The fourth-order valence-corrected chi connectivity index (χ4v) is 2.36. The molecule has 1 aromatic rings. The van der Waals surface area contributed by atoms with Crippen LogP contribution in [0.5, 0.6) is 0 Å². The number of nitrogens with zero attached hydrogens (tertiary/aromatic N) is 1. The molecule has 1 fully saturated rings. The fraction of sp³-hybridized carbons (Fsp3) is 0.385. The van der Waals surface area contributed by atoms with E-state index >= 15 is 0 Å². The molecule has 0 spiro atoms. The maximum absolute atomic E-state index is 13.6. The molecule has 1 aliphatic heterocycles. The second kappa shape index (κ2) is 5.52. The van der Waals surface area contributed by atoms with Crippen LogP contribution in [0.3, 0.4) is 0 Å². The first kappa shape index (κ1) is 14.4. The van der Waals surface area contributed by atoms with E-state index in [-0.39, 0.29) is 13.0 Å². The Labute approximate surface area is 112 Å². The van der Waals surface area contributed by atoms with E-state index in [9.17, 15) is 22.8 Å². The van der Waals surface area contributed by atoms with Gasteiger partial charge in [-0.3, -0.25) is 9.59 Å². The number of carboxylic acids is 1. The number of amides is 1. The van der Waals surface area contributed by atoms with Crippen LogP contribution >= 0.6 is 0 Å². The molecule has 2 rings (SSSR count). The van der Waals surface area contributed by atoms with Crippen molar-refractivity contribution in [3.63, 3.8) is 0 Å². The van der Waals surface area contributed by atoms with E-state index in [1.165, 1.54) is 4.90 Å². The number of carbonyl (C=O) groups is 2. The second-order valence-electron chi connectivity index (χ2n) is 4.62. The Kier molecular flexibility index (Phi) is 3.96. The smallest absolute Gasteiger partial charge is 0.305 e. The van der Waals surface area contributed by atoms with Gasteiger partial charge in [-0.1, -0.05) is 0 Å². The largest absolute Gasteiger partial charge is 0.481 e. The summed E-state index contributed by atoms with van der Waals surface area (Å²) in [4.78, 5) is 24.0.